The predicted octanol–water partition coefficient (Wildman–Crippen LogP) is 20.4. The minimum atomic E-state index is -0.603. The second kappa shape index (κ2) is 19.5. The molecule has 5 nitrogen and oxygen atoms in total. The van der Waals surface area contributed by atoms with Gasteiger partial charge in [-0.2, -0.15) is 0 Å². The molecule has 2 aliphatic rings. The van der Waals surface area contributed by atoms with Crippen molar-refractivity contribution in [3.63, 3.8) is 0 Å². The van der Waals surface area contributed by atoms with Crippen LogP contribution in [-0.2, 0) is 28.1 Å². The highest BCUT2D eigenvalue weighted by molar-refractivity contribution is 6.09. The number of pyridine rings is 1. The summed E-state index contributed by atoms with van der Waals surface area (Å²) in [4.78, 5) is 9.46. The van der Waals surface area contributed by atoms with Gasteiger partial charge in [0.1, 0.15) is 24.0 Å². The smallest absolute Gasteiger partial charge is 0.137 e. The van der Waals surface area contributed by atoms with Gasteiger partial charge >= 0.3 is 0 Å². The van der Waals surface area contributed by atoms with Crippen molar-refractivity contribution in [3.05, 3.63) is 216 Å². The Morgan fingerprint density at radius 1 is 0.570 bits per heavy atom. The van der Waals surface area contributed by atoms with E-state index >= 15 is 0 Å². The van der Waals surface area contributed by atoms with E-state index in [0.29, 0.717) is 68.4 Å². The number of aromatic nitrogens is 2. The summed E-state index contributed by atoms with van der Waals surface area (Å²) >= 11 is 0. The maximum atomic E-state index is 10.4. The summed E-state index contributed by atoms with van der Waals surface area (Å²) < 4.78 is 75.0. The van der Waals surface area contributed by atoms with Crippen molar-refractivity contribution in [3.8, 4) is 50.7 Å². The molecule has 0 atom stereocenters. The Hall–Kier alpha value is -7.89. The minimum Gasteiger partial charge on any atom is -0.457 e. The van der Waals surface area contributed by atoms with Gasteiger partial charge in [-0.15, -0.1) is 0 Å². The van der Waals surface area contributed by atoms with Gasteiger partial charge in [0, 0.05) is 45.9 Å². The van der Waals surface area contributed by atoms with E-state index in [2.05, 4.69) is 154 Å². The zero-order chi connectivity index (χ0) is 61.3. The fraction of sp³-hybridized carbons (Fsp3) is 0.284. The molecular weight excluding hydrogens is 961 g/mol. The summed E-state index contributed by atoms with van der Waals surface area (Å²) in [6.45, 7) is 26.9. The van der Waals surface area contributed by atoms with E-state index in [4.69, 9.17) is 13.8 Å². The van der Waals surface area contributed by atoms with Crippen LogP contribution in [0, 0.1) is 5.92 Å². The zero-order valence-electron chi connectivity index (χ0n) is 55.0. The molecule has 8 aromatic carbocycles. The van der Waals surface area contributed by atoms with Gasteiger partial charge in [0.15, 0.2) is 0 Å². The second-order valence-electron chi connectivity index (χ2n) is 25.8. The Kier molecular flexibility index (Phi) is 10.9. The van der Waals surface area contributed by atoms with E-state index in [1.807, 2.05) is 83.4 Å². The number of fused-ring (bicyclic) bond motifs is 5. The van der Waals surface area contributed by atoms with E-state index in [0.717, 1.165) is 75.4 Å². The maximum absolute atomic E-state index is 10.4. The van der Waals surface area contributed by atoms with Crippen molar-refractivity contribution in [2.75, 3.05) is 16.5 Å². The quantitative estimate of drug-likeness (QED) is 0.137. The first-order chi connectivity index (χ1) is 40.6. The van der Waals surface area contributed by atoms with E-state index in [9.17, 15) is 5.48 Å². The largest absolute Gasteiger partial charge is 0.457 e. The van der Waals surface area contributed by atoms with E-state index in [1.54, 1.807) is 6.20 Å². The molecule has 1 aliphatic heterocycles. The standard InChI is InChI=1S/C74H76N4O/c1-48(2)37-49-38-61(51-29-32-63-64(43-51)74(11,12)35-34-73(63,9)10)70(62(39-49)53-40-52(50-21-14-13-15-22-50)41-55(42-53)72(6,7)8)77-47-76(66-27-18-19-28-67(66)77)56-23-20-24-57(45-56)79-58-30-31-60-59-25-16-17-26-65(59)78(68(60)46-58)69-44-54(33-36-75-69)71(3,4)5/h13-33,36,38-46,48H,34-35,37,47H2,1-12H3/i16D,17D,25D,26D,40D,41D,42D. The SMILES string of the molecule is [2H]c1c(-c2ccccc2)c([2H])c(C(C)(C)C)c([2H])c1-c1cc(CC(C)C)cc(-c2ccc3c(c2)C(C)(C)CCC3(C)C)c1N1CN(c2cccc(Oc3ccc4c5c([2H])c([2H])c([2H])c([2H])c5n(-c5cc(C(C)(C)C)ccn5)c4c3)c2)c2ccccc21. The number of benzene rings is 8. The number of nitrogens with zero attached hydrogens (tertiary/aromatic N) is 4. The molecule has 398 valence electrons. The van der Waals surface area contributed by atoms with Crippen LogP contribution in [0.3, 0.4) is 0 Å². The lowest BCUT2D eigenvalue weighted by Gasteiger charge is -2.42. The third-order valence-electron chi connectivity index (χ3n) is 16.4. The summed E-state index contributed by atoms with van der Waals surface area (Å²) in [6.07, 6.45) is 4.68. The molecule has 0 spiro atoms. The average molecular weight is 1040 g/mol. The van der Waals surface area contributed by atoms with Gasteiger partial charge in [-0.05, 0) is 170 Å². The van der Waals surface area contributed by atoms with Crippen LogP contribution in [0.1, 0.15) is 133 Å². The number of anilines is 4. The third-order valence-corrected chi connectivity index (χ3v) is 16.4. The highest BCUT2D eigenvalue weighted by Crippen LogP contribution is 2.54. The van der Waals surface area contributed by atoms with E-state index in [1.165, 1.54) is 11.1 Å². The zero-order valence-corrected chi connectivity index (χ0v) is 48.0. The monoisotopic (exact) mass is 1040 g/mol. The average Bonchev–Trinajstić information content (AvgIpc) is 1.40. The van der Waals surface area contributed by atoms with E-state index < -0.39 is 5.41 Å². The lowest BCUT2D eigenvalue weighted by atomic mass is 9.63. The number of rotatable bonds is 10. The molecule has 2 aromatic heterocycles. The summed E-state index contributed by atoms with van der Waals surface area (Å²) in [6, 6.07) is 47.3. The molecular formula is C74H76N4O. The first kappa shape index (κ1) is 44.0. The molecule has 0 saturated carbocycles. The lowest BCUT2D eigenvalue weighted by molar-refractivity contribution is 0.332. The van der Waals surface area contributed by atoms with Crippen molar-refractivity contribution in [2.45, 2.75) is 124 Å². The van der Waals surface area contributed by atoms with Crippen LogP contribution in [0.4, 0.5) is 22.7 Å². The molecule has 12 rings (SSSR count). The molecule has 79 heavy (non-hydrogen) atoms. The third kappa shape index (κ3) is 9.70. The minimum absolute atomic E-state index is 0.000253. The predicted molar refractivity (Wildman–Crippen MR) is 335 cm³/mol. The van der Waals surface area contributed by atoms with Gasteiger partial charge in [0.05, 0.1) is 37.7 Å². The normalized spacial score (nSPS) is 16.2. The summed E-state index contributed by atoms with van der Waals surface area (Å²) in [5.41, 5.74) is 13.9. The van der Waals surface area contributed by atoms with Crippen LogP contribution in [0.15, 0.2) is 188 Å². The van der Waals surface area contributed by atoms with Gasteiger partial charge in [0.2, 0.25) is 0 Å². The fourth-order valence-corrected chi connectivity index (χ4v) is 12.0. The van der Waals surface area contributed by atoms with Crippen LogP contribution in [0.5, 0.6) is 11.5 Å². The van der Waals surface area contributed by atoms with Crippen molar-refractivity contribution < 1.29 is 14.3 Å². The van der Waals surface area contributed by atoms with Crippen molar-refractivity contribution in [1.29, 1.82) is 0 Å². The molecule has 3 heterocycles. The van der Waals surface area contributed by atoms with Crippen LogP contribution in [-0.4, -0.2) is 16.2 Å². The summed E-state index contributed by atoms with van der Waals surface area (Å²) in [5, 5.41) is 1.07. The summed E-state index contributed by atoms with van der Waals surface area (Å²) in [5.74, 6) is 1.94. The molecule has 10 aromatic rings. The van der Waals surface area contributed by atoms with Gasteiger partial charge in [-0.25, -0.2) is 4.98 Å². The maximum Gasteiger partial charge on any atom is 0.137 e. The van der Waals surface area contributed by atoms with Crippen LogP contribution < -0.4 is 14.5 Å². The highest BCUT2D eigenvalue weighted by atomic mass is 16.5. The first-order valence-electron chi connectivity index (χ1n) is 31.6. The number of hydrogen-bond acceptors (Lipinski definition) is 4. The Labute approximate surface area is 479 Å². The highest BCUT2D eigenvalue weighted by Gasteiger charge is 2.38. The molecule has 0 N–H and O–H groups in total. The van der Waals surface area contributed by atoms with Crippen LogP contribution in [0.2, 0.25) is 0 Å². The van der Waals surface area contributed by atoms with Gasteiger partial charge < -0.3 is 14.5 Å². The Morgan fingerprint density at radius 2 is 1.24 bits per heavy atom. The van der Waals surface area contributed by atoms with Crippen molar-refractivity contribution in [1.82, 2.24) is 9.55 Å². The fourth-order valence-electron chi connectivity index (χ4n) is 12.0. The molecule has 0 fully saturated rings. The topological polar surface area (TPSA) is 33.5 Å². The lowest BCUT2D eigenvalue weighted by Crippen LogP contribution is -2.33. The molecule has 0 saturated heterocycles. The molecule has 0 radical (unpaired) electrons. The Bertz CT molecular complexity index is 4380. The van der Waals surface area contributed by atoms with Crippen LogP contribution in [0.25, 0.3) is 61.0 Å². The Morgan fingerprint density at radius 3 is 1.97 bits per heavy atom. The van der Waals surface area contributed by atoms with Gasteiger partial charge in [0.25, 0.3) is 0 Å². The molecule has 5 heteroatoms. The molecule has 0 amide bonds. The summed E-state index contributed by atoms with van der Waals surface area (Å²) in [7, 11) is 0. The van der Waals surface area contributed by atoms with Crippen LogP contribution >= 0.6 is 0 Å². The van der Waals surface area contributed by atoms with Gasteiger partial charge in [-0.3, -0.25) is 4.57 Å². The molecule has 0 unspecified atom stereocenters. The Balaban J connectivity index is 1.04. The number of hydrogen-bond donors (Lipinski definition) is 0. The van der Waals surface area contributed by atoms with E-state index in [-0.39, 0.29) is 58.5 Å². The molecule has 0 bridgehead atoms. The molecule has 1 aliphatic carbocycles. The van der Waals surface area contributed by atoms with Crippen molar-refractivity contribution in [2.24, 2.45) is 5.92 Å². The second-order valence-corrected chi connectivity index (χ2v) is 25.8. The first-order valence-corrected chi connectivity index (χ1v) is 28.1. The van der Waals surface area contributed by atoms with Gasteiger partial charge in [-0.1, -0.05) is 180 Å². The number of para-hydroxylation sites is 3. The van der Waals surface area contributed by atoms with Crippen molar-refractivity contribution >= 4 is 44.6 Å². The number of ether oxygens (including phenoxy) is 1.